The molecular weight excluding hydrogens is 260 g/mol. The molecule has 0 unspecified atom stereocenters. The van der Waals surface area contributed by atoms with E-state index in [-0.39, 0.29) is 0 Å². The molecule has 0 atom stereocenters. The van der Waals surface area contributed by atoms with Gasteiger partial charge in [0.1, 0.15) is 0 Å². The van der Waals surface area contributed by atoms with Crippen molar-refractivity contribution in [1.82, 2.24) is 0 Å². The van der Waals surface area contributed by atoms with E-state index in [1.54, 1.807) is 0 Å². The number of allylic oxidation sites excluding steroid dienone is 3. The largest absolute Gasteiger partial charge is 0.120 e. The van der Waals surface area contributed by atoms with E-state index in [2.05, 4.69) is 71.5 Å². The van der Waals surface area contributed by atoms with Crippen molar-refractivity contribution in [1.29, 1.82) is 0 Å². The maximum absolute atomic E-state index is 3.87. The van der Waals surface area contributed by atoms with Crippen LogP contribution in [0.4, 0.5) is 0 Å². The summed E-state index contributed by atoms with van der Waals surface area (Å²) in [6.45, 7) is 15.0. The van der Waals surface area contributed by atoms with Crippen LogP contribution in [-0.2, 0) is 0 Å². The van der Waals surface area contributed by atoms with Crippen LogP contribution in [0.15, 0.2) is 53.0 Å². The molecule has 1 aromatic carbocycles. The van der Waals surface area contributed by atoms with Crippen molar-refractivity contribution in [2.24, 2.45) is 0 Å². The molecule has 1 aliphatic rings. The minimum absolute atomic E-state index is 0.353. The molecule has 0 saturated carbocycles. The Hall–Kier alpha value is -0.950. The fourth-order valence-corrected chi connectivity index (χ4v) is 2.96. The molecule has 0 fully saturated rings. The Balaban J connectivity index is 0.000000240. The summed E-state index contributed by atoms with van der Waals surface area (Å²) in [7, 11) is 0. The summed E-state index contributed by atoms with van der Waals surface area (Å²) in [6, 6.07) is 8.59. The minimum atomic E-state index is 0.353. The van der Waals surface area contributed by atoms with Gasteiger partial charge in [-0.15, -0.1) is 11.8 Å². The SMILES string of the molecule is C=C1CCC=C1C.CCC(C)(C)Sc1ccccc1C. The Morgan fingerprint density at radius 3 is 2.25 bits per heavy atom. The molecule has 110 valence electrons. The highest BCUT2D eigenvalue weighted by molar-refractivity contribution is 8.00. The van der Waals surface area contributed by atoms with E-state index < -0.39 is 0 Å². The third kappa shape index (κ3) is 5.58. The van der Waals surface area contributed by atoms with Gasteiger partial charge in [0.25, 0.3) is 0 Å². The van der Waals surface area contributed by atoms with Crippen LogP contribution >= 0.6 is 11.8 Å². The van der Waals surface area contributed by atoms with E-state index in [0.717, 1.165) is 0 Å². The van der Waals surface area contributed by atoms with E-state index in [9.17, 15) is 0 Å². The number of rotatable bonds is 3. The van der Waals surface area contributed by atoms with Crippen molar-refractivity contribution in [2.75, 3.05) is 0 Å². The predicted octanol–water partition coefficient (Wildman–Crippen LogP) is 6.56. The van der Waals surface area contributed by atoms with Crippen molar-refractivity contribution >= 4 is 11.8 Å². The fraction of sp³-hybridized carbons (Fsp3) is 0.474. The monoisotopic (exact) mass is 288 g/mol. The van der Waals surface area contributed by atoms with Crippen molar-refractivity contribution < 1.29 is 0 Å². The lowest BCUT2D eigenvalue weighted by Crippen LogP contribution is -2.12. The number of thioether (sulfide) groups is 1. The first-order chi connectivity index (χ1) is 9.35. The highest BCUT2D eigenvalue weighted by Gasteiger charge is 2.17. The molecule has 1 aromatic rings. The van der Waals surface area contributed by atoms with Crippen molar-refractivity contribution in [3.63, 3.8) is 0 Å². The van der Waals surface area contributed by atoms with Gasteiger partial charge in [0, 0.05) is 9.64 Å². The molecule has 0 N–H and O–H groups in total. The Kier molecular flexibility index (Phi) is 6.61. The van der Waals surface area contributed by atoms with Crippen LogP contribution in [0, 0.1) is 6.92 Å². The van der Waals surface area contributed by atoms with Gasteiger partial charge in [0.15, 0.2) is 0 Å². The Morgan fingerprint density at radius 1 is 1.20 bits per heavy atom. The zero-order valence-corrected chi connectivity index (χ0v) is 14.4. The minimum Gasteiger partial charge on any atom is -0.120 e. The average Bonchev–Trinajstić information content (AvgIpc) is 2.77. The zero-order chi connectivity index (χ0) is 15.2. The predicted molar refractivity (Wildman–Crippen MR) is 93.5 cm³/mol. The van der Waals surface area contributed by atoms with Crippen LogP contribution in [0.3, 0.4) is 0 Å². The fourth-order valence-electron chi connectivity index (χ4n) is 1.85. The lowest BCUT2D eigenvalue weighted by molar-refractivity contribution is 0.684. The van der Waals surface area contributed by atoms with Gasteiger partial charge in [-0.1, -0.05) is 62.8 Å². The Bertz CT molecular complexity index is 480. The second kappa shape index (κ2) is 7.73. The molecule has 0 spiro atoms. The molecular formula is C19H28S. The lowest BCUT2D eigenvalue weighted by atomic mass is 10.1. The Morgan fingerprint density at radius 2 is 1.85 bits per heavy atom. The van der Waals surface area contributed by atoms with E-state index in [1.165, 1.54) is 40.9 Å². The van der Waals surface area contributed by atoms with Gasteiger partial charge < -0.3 is 0 Å². The van der Waals surface area contributed by atoms with Gasteiger partial charge in [0.05, 0.1) is 0 Å². The normalized spacial score (nSPS) is 14.7. The highest BCUT2D eigenvalue weighted by Crippen LogP contribution is 2.36. The molecule has 0 heterocycles. The highest BCUT2D eigenvalue weighted by atomic mass is 32.2. The summed E-state index contributed by atoms with van der Waals surface area (Å²) < 4.78 is 0.353. The first-order valence-electron chi connectivity index (χ1n) is 7.45. The topological polar surface area (TPSA) is 0 Å². The smallest absolute Gasteiger partial charge is 0.0148 e. The summed E-state index contributed by atoms with van der Waals surface area (Å²) in [4.78, 5) is 1.41. The number of benzene rings is 1. The van der Waals surface area contributed by atoms with Gasteiger partial charge in [-0.3, -0.25) is 0 Å². The summed E-state index contributed by atoms with van der Waals surface area (Å²) in [6.07, 6.45) is 5.84. The third-order valence-corrected chi connectivity index (χ3v) is 5.30. The van der Waals surface area contributed by atoms with Gasteiger partial charge in [0.2, 0.25) is 0 Å². The molecule has 0 bridgehead atoms. The molecule has 0 saturated heterocycles. The van der Waals surface area contributed by atoms with Gasteiger partial charge in [-0.05, 0) is 44.7 Å². The summed E-state index contributed by atoms with van der Waals surface area (Å²) in [5.74, 6) is 0. The summed E-state index contributed by atoms with van der Waals surface area (Å²) in [5.41, 5.74) is 4.09. The summed E-state index contributed by atoms with van der Waals surface area (Å²) >= 11 is 1.97. The lowest BCUT2D eigenvalue weighted by Gasteiger charge is -2.22. The van der Waals surface area contributed by atoms with E-state index in [0.29, 0.717) is 4.75 Å². The second-order valence-electron chi connectivity index (χ2n) is 6.01. The van der Waals surface area contributed by atoms with Gasteiger partial charge >= 0.3 is 0 Å². The van der Waals surface area contributed by atoms with Gasteiger partial charge in [-0.25, -0.2) is 0 Å². The first kappa shape index (κ1) is 17.1. The van der Waals surface area contributed by atoms with Crippen LogP contribution < -0.4 is 0 Å². The number of hydrogen-bond acceptors (Lipinski definition) is 1. The van der Waals surface area contributed by atoms with E-state index >= 15 is 0 Å². The van der Waals surface area contributed by atoms with Gasteiger partial charge in [-0.2, -0.15) is 0 Å². The third-order valence-electron chi connectivity index (χ3n) is 3.79. The van der Waals surface area contributed by atoms with Crippen LogP contribution in [0.2, 0.25) is 0 Å². The van der Waals surface area contributed by atoms with E-state index in [1.807, 2.05) is 11.8 Å². The standard InChI is InChI=1S/C12H18S.C7H10/c1-5-12(3,4)13-11-9-7-6-8-10(11)2;1-6-4-3-5-7(6)2/h6-9H,5H2,1-4H3;5H,1,3-4H2,2H3. The maximum atomic E-state index is 3.87. The van der Waals surface area contributed by atoms with Crippen LogP contribution in [0.5, 0.6) is 0 Å². The first-order valence-corrected chi connectivity index (χ1v) is 8.27. The molecule has 0 nitrogen and oxygen atoms in total. The summed E-state index contributed by atoms with van der Waals surface area (Å²) in [5, 5.41) is 0. The van der Waals surface area contributed by atoms with Crippen molar-refractivity contribution in [3.8, 4) is 0 Å². The Labute approximate surface area is 129 Å². The average molecular weight is 289 g/mol. The molecule has 0 amide bonds. The molecule has 0 aromatic heterocycles. The molecule has 2 rings (SSSR count). The van der Waals surface area contributed by atoms with Crippen LogP contribution in [-0.4, -0.2) is 4.75 Å². The second-order valence-corrected chi connectivity index (χ2v) is 7.76. The molecule has 20 heavy (non-hydrogen) atoms. The van der Waals surface area contributed by atoms with Crippen LogP contribution in [0.1, 0.15) is 52.5 Å². The number of hydrogen-bond donors (Lipinski definition) is 0. The van der Waals surface area contributed by atoms with E-state index in [4.69, 9.17) is 0 Å². The molecule has 1 heteroatoms. The molecule has 0 radical (unpaired) electrons. The molecule has 1 aliphatic carbocycles. The molecule has 0 aliphatic heterocycles. The number of aryl methyl sites for hydroxylation is 1. The maximum Gasteiger partial charge on any atom is 0.0148 e. The quantitative estimate of drug-likeness (QED) is 0.568. The van der Waals surface area contributed by atoms with Crippen molar-refractivity contribution in [2.45, 2.75) is 63.5 Å². The zero-order valence-electron chi connectivity index (χ0n) is 13.6. The van der Waals surface area contributed by atoms with Crippen molar-refractivity contribution in [3.05, 3.63) is 53.6 Å². The van der Waals surface area contributed by atoms with Crippen LogP contribution in [0.25, 0.3) is 0 Å².